The fourth-order valence-electron chi connectivity index (χ4n) is 3.48. The number of hydrogen-bond donors (Lipinski definition) is 0. The van der Waals surface area contributed by atoms with Crippen LogP contribution in [0.25, 0.3) is 0 Å². The van der Waals surface area contributed by atoms with E-state index in [2.05, 4.69) is 9.97 Å². The summed E-state index contributed by atoms with van der Waals surface area (Å²) in [6.07, 6.45) is 4.98. The van der Waals surface area contributed by atoms with Crippen molar-refractivity contribution in [3.8, 4) is 5.88 Å². The summed E-state index contributed by atoms with van der Waals surface area (Å²) in [5.74, 6) is 1.12. The number of ether oxygens (including phenoxy) is 1. The van der Waals surface area contributed by atoms with Crippen LogP contribution in [-0.2, 0) is 21.1 Å². The van der Waals surface area contributed by atoms with Crippen molar-refractivity contribution < 1.29 is 17.9 Å². The topological polar surface area (TPSA) is 92.7 Å². The van der Waals surface area contributed by atoms with Gasteiger partial charge >= 0.3 is 0 Å². The third-order valence-corrected chi connectivity index (χ3v) is 7.48. The number of carbonyl (C=O) groups is 1. The molecule has 0 spiro atoms. The monoisotopic (exact) mass is 446 g/mol. The SMILES string of the molecule is CC(C)S(=O)(=O)c1ccc(CC(=O)N2CCCC(Oc3nccnc3N(C)C)C2)cc1. The summed E-state index contributed by atoms with van der Waals surface area (Å²) in [6.45, 7) is 4.48. The predicted octanol–water partition coefficient (Wildman–Crippen LogP) is 2.34. The summed E-state index contributed by atoms with van der Waals surface area (Å²) in [5, 5.41) is -0.479. The highest BCUT2D eigenvalue weighted by Gasteiger charge is 2.26. The summed E-state index contributed by atoms with van der Waals surface area (Å²) in [4.78, 5) is 25.4. The van der Waals surface area contributed by atoms with E-state index in [9.17, 15) is 13.2 Å². The summed E-state index contributed by atoms with van der Waals surface area (Å²) >= 11 is 0. The molecule has 1 aromatic carbocycles. The molecule has 0 N–H and O–H groups in total. The minimum atomic E-state index is -3.32. The first-order valence-electron chi connectivity index (χ1n) is 10.4. The Balaban J connectivity index is 1.63. The van der Waals surface area contributed by atoms with E-state index in [0.29, 0.717) is 24.8 Å². The van der Waals surface area contributed by atoms with Gasteiger partial charge in [-0.2, -0.15) is 0 Å². The lowest BCUT2D eigenvalue weighted by atomic mass is 10.1. The van der Waals surface area contributed by atoms with Gasteiger partial charge in [0.15, 0.2) is 15.7 Å². The molecule has 1 aliphatic rings. The van der Waals surface area contributed by atoms with Crippen molar-refractivity contribution in [3.05, 3.63) is 42.2 Å². The Morgan fingerprint density at radius 1 is 1.19 bits per heavy atom. The summed E-state index contributed by atoms with van der Waals surface area (Å²) < 4.78 is 30.6. The van der Waals surface area contributed by atoms with Gasteiger partial charge in [-0.1, -0.05) is 12.1 Å². The third kappa shape index (κ3) is 5.52. The molecule has 1 fully saturated rings. The maximum absolute atomic E-state index is 12.8. The molecule has 1 aromatic heterocycles. The van der Waals surface area contributed by atoms with Gasteiger partial charge in [-0.15, -0.1) is 0 Å². The molecule has 0 saturated carbocycles. The normalized spacial score (nSPS) is 16.9. The van der Waals surface area contributed by atoms with E-state index in [-0.39, 0.29) is 23.3 Å². The Kier molecular flexibility index (Phi) is 7.15. The number of carbonyl (C=O) groups excluding carboxylic acids is 1. The van der Waals surface area contributed by atoms with Gasteiger partial charge in [0.25, 0.3) is 5.88 Å². The van der Waals surface area contributed by atoms with Crippen molar-refractivity contribution in [1.82, 2.24) is 14.9 Å². The van der Waals surface area contributed by atoms with Gasteiger partial charge in [-0.25, -0.2) is 18.4 Å². The van der Waals surface area contributed by atoms with Gasteiger partial charge < -0.3 is 14.5 Å². The molecule has 31 heavy (non-hydrogen) atoms. The number of hydrogen-bond acceptors (Lipinski definition) is 7. The predicted molar refractivity (Wildman–Crippen MR) is 119 cm³/mol. The molecule has 8 nitrogen and oxygen atoms in total. The van der Waals surface area contributed by atoms with E-state index in [1.807, 2.05) is 19.0 Å². The minimum absolute atomic E-state index is 0.000236. The summed E-state index contributed by atoms with van der Waals surface area (Å²) in [5.41, 5.74) is 0.791. The summed E-state index contributed by atoms with van der Waals surface area (Å²) in [6, 6.07) is 6.59. The fourth-order valence-corrected chi connectivity index (χ4v) is 4.54. The Bertz CT molecular complexity index is 1010. The maximum Gasteiger partial charge on any atom is 0.257 e. The lowest BCUT2D eigenvalue weighted by Gasteiger charge is -2.33. The molecule has 0 aliphatic carbocycles. The Morgan fingerprint density at radius 3 is 2.52 bits per heavy atom. The number of rotatable bonds is 7. The van der Waals surface area contributed by atoms with Gasteiger partial charge in [-0.3, -0.25) is 4.79 Å². The molecule has 1 amide bonds. The van der Waals surface area contributed by atoms with Crippen molar-refractivity contribution in [3.63, 3.8) is 0 Å². The number of amides is 1. The average molecular weight is 447 g/mol. The number of sulfone groups is 1. The zero-order valence-corrected chi connectivity index (χ0v) is 19.3. The molecule has 1 atom stereocenters. The zero-order valence-electron chi connectivity index (χ0n) is 18.5. The second-order valence-electron chi connectivity index (χ2n) is 8.22. The Morgan fingerprint density at radius 2 is 1.87 bits per heavy atom. The average Bonchev–Trinajstić information content (AvgIpc) is 2.74. The molecule has 3 rings (SSSR count). The van der Waals surface area contributed by atoms with Crippen LogP contribution in [0.4, 0.5) is 5.82 Å². The van der Waals surface area contributed by atoms with Crippen LogP contribution >= 0.6 is 0 Å². The second kappa shape index (κ2) is 9.64. The quantitative estimate of drug-likeness (QED) is 0.644. The number of nitrogens with zero attached hydrogens (tertiary/aromatic N) is 4. The van der Waals surface area contributed by atoms with Crippen molar-refractivity contribution in [2.24, 2.45) is 0 Å². The van der Waals surface area contributed by atoms with Crippen LogP contribution in [0.15, 0.2) is 41.6 Å². The molecule has 168 valence electrons. The van der Waals surface area contributed by atoms with E-state index in [1.54, 1.807) is 55.4 Å². The van der Waals surface area contributed by atoms with Crippen LogP contribution in [0.1, 0.15) is 32.3 Å². The molecule has 1 aliphatic heterocycles. The first kappa shape index (κ1) is 23.0. The molecule has 2 heterocycles. The highest BCUT2D eigenvalue weighted by atomic mass is 32.2. The van der Waals surface area contributed by atoms with Gasteiger partial charge in [0.2, 0.25) is 5.91 Å². The molecule has 1 unspecified atom stereocenters. The van der Waals surface area contributed by atoms with Crippen molar-refractivity contribution >= 4 is 21.6 Å². The smallest absolute Gasteiger partial charge is 0.257 e. The van der Waals surface area contributed by atoms with E-state index < -0.39 is 15.1 Å². The van der Waals surface area contributed by atoms with Crippen molar-refractivity contribution in [2.75, 3.05) is 32.1 Å². The molecule has 0 bridgehead atoms. The van der Waals surface area contributed by atoms with E-state index in [1.165, 1.54) is 0 Å². The molecule has 2 aromatic rings. The second-order valence-corrected chi connectivity index (χ2v) is 10.7. The number of anilines is 1. The lowest BCUT2D eigenvalue weighted by Crippen LogP contribution is -2.45. The summed E-state index contributed by atoms with van der Waals surface area (Å²) in [7, 11) is 0.445. The van der Waals surface area contributed by atoms with E-state index in [0.717, 1.165) is 18.4 Å². The lowest BCUT2D eigenvalue weighted by molar-refractivity contribution is -0.133. The van der Waals surface area contributed by atoms with Gasteiger partial charge in [-0.05, 0) is 44.4 Å². The minimum Gasteiger partial charge on any atom is -0.470 e. The first-order valence-corrected chi connectivity index (χ1v) is 12.0. The largest absolute Gasteiger partial charge is 0.470 e. The number of piperidine rings is 1. The maximum atomic E-state index is 12.8. The highest BCUT2D eigenvalue weighted by Crippen LogP contribution is 2.24. The van der Waals surface area contributed by atoms with E-state index >= 15 is 0 Å². The Hall–Kier alpha value is -2.68. The third-order valence-electron chi connectivity index (χ3n) is 5.31. The van der Waals surface area contributed by atoms with Gasteiger partial charge in [0.1, 0.15) is 6.10 Å². The number of benzene rings is 1. The molecule has 0 radical (unpaired) electrons. The molecule has 1 saturated heterocycles. The van der Waals surface area contributed by atoms with Crippen LogP contribution in [0, 0.1) is 0 Å². The number of aromatic nitrogens is 2. The van der Waals surface area contributed by atoms with Gasteiger partial charge in [0, 0.05) is 33.0 Å². The highest BCUT2D eigenvalue weighted by molar-refractivity contribution is 7.92. The van der Waals surface area contributed by atoms with Crippen LogP contribution < -0.4 is 9.64 Å². The van der Waals surface area contributed by atoms with Crippen LogP contribution in [-0.4, -0.2) is 67.7 Å². The van der Waals surface area contributed by atoms with Gasteiger partial charge in [0.05, 0.1) is 23.1 Å². The van der Waals surface area contributed by atoms with Crippen LogP contribution in [0.5, 0.6) is 5.88 Å². The van der Waals surface area contributed by atoms with Crippen LogP contribution in [0.2, 0.25) is 0 Å². The van der Waals surface area contributed by atoms with Crippen molar-refractivity contribution in [2.45, 2.75) is 49.4 Å². The van der Waals surface area contributed by atoms with Crippen molar-refractivity contribution in [1.29, 1.82) is 0 Å². The molecular formula is C22H30N4O4S. The fraction of sp³-hybridized carbons (Fsp3) is 0.500. The zero-order chi connectivity index (χ0) is 22.6. The van der Waals surface area contributed by atoms with Crippen LogP contribution in [0.3, 0.4) is 0 Å². The molecular weight excluding hydrogens is 416 g/mol. The number of likely N-dealkylation sites (tertiary alicyclic amines) is 1. The standard InChI is InChI=1S/C22H30N4O4S/c1-16(2)31(28,29)19-9-7-17(8-10-19)14-20(27)26-13-5-6-18(15-26)30-22-21(25(3)4)23-11-12-24-22/h7-12,16,18H,5-6,13-15H2,1-4H3. The first-order chi connectivity index (χ1) is 14.7. The molecule has 9 heteroatoms. The Labute approximate surface area is 184 Å². The van der Waals surface area contributed by atoms with E-state index in [4.69, 9.17) is 4.74 Å².